The number of nitrogens with zero attached hydrogens (tertiary/aromatic N) is 2. The number of rotatable bonds is 6. The minimum atomic E-state index is -4.75. The molecule has 0 aliphatic heterocycles. The zero-order chi connectivity index (χ0) is 21.0. The molecular formula is C18H12ClF4N3O2S. The number of carbonyl (C=O) groups excluding carboxylic acids is 1. The van der Waals surface area contributed by atoms with E-state index in [1.54, 1.807) is 24.3 Å². The average Bonchev–Trinajstić information content (AvgIpc) is 3.14. The molecule has 1 N–H and O–H groups in total. The van der Waals surface area contributed by atoms with Gasteiger partial charge in [0.25, 0.3) is 5.22 Å². The normalized spacial score (nSPS) is 12.6. The van der Waals surface area contributed by atoms with E-state index in [1.807, 2.05) is 5.32 Å². The molecule has 152 valence electrons. The number of benzene rings is 2. The Morgan fingerprint density at radius 2 is 1.76 bits per heavy atom. The minimum absolute atomic E-state index is 0.0236. The van der Waals surface area contributed by atoms with E-state index in [-0.39, 0.29) is 22.4 Å². The van der Waals surface area contributed by atoms with Gasteiger partial charge >= 0.3 is 6.18 Å². The molecule has 11 heteroatoms. The summed E-state index contributed by atoms with van der Waals surface area (Å²) in [6.07, 6.45) is -4.75. The number of alkyl halides is 3. The summed E-state index contributed by atoms with van der Waals surface area (Å²) < 4.78 is 58.2. The van der Waals surface area contributed by atoms with Gasteiger partial charge in [-0.05, 0) is 42.0 Å². The molecule has 0 bridgehead atoms. The number of aromatic nitrogens is 2. The summed E-state index contributed by atoms with van der Waals surface area (Å²) in [5.74, 6) is -1.77. The maximum absolute atomic E-state index is 13.3. The van der Waals surface area contributed by atoms with Gasteiger partial charge in [0.2, 0.25) is 11.8 Å². The number of amides is 1. The lowest BCUT2D eigenvalue weighted by Crippen LogP contribution is -2.39. The Morgan fingerprint density at radius 1 is 1.10 bits per heavy atom. The van der Waals surface area contributed by atoms with Crippen LogP contribution in [0.25, 0.3) is 11.5 Å². The maximum Gasteiger partial charge on any atom is 0.412 e. The van der Waals surface area contributed by atoms with Gasteiger partial charge in [0, 0.05) is 10.6 Å². The lowest BCUT2D eigenvalue weighted by atomic mass is 10.1. The van der Waals surface area contributed by atoms with Crippen molar-refractivity contribution in [3.63, 3.8) is 0 Å². The Bertz CT molecular complexity index is 978. The van der Waals surface area contributed by atoms with Crippen molar-refractivity contribution in [1.82, 2.24) is 15.5 Å². The summed E-state index contributed by atoms with van der Waals surface area (Å²) >= 11 is 6.59. The van der Waals surface area contributed by atoms with Crippen LogP contribution in [-0.2, 0) is 4.79 Å². The van der Waals surface area contributed by atoms with Crippen LogP contribution in [0.2, 0.25) is 5.02 Å². The smallest absolute Gasteiger partial charge is 0.411 e. The molecule has 3 aromatic rings. The number of halogens is 5. The summed E-state index contributed by atoms with van der Waals surface area (Å²) in [6.45, 7) is 0. The lowest BCUT2D eigenvalue weighted by Gasteiger charge is -2.21. The van der Waals surface area contributed by atoms with Gasteiger partial charge in [0.1, 0.15) is 5.82 Å². The monoisotopic (exact) mass is 445 g/mol. The molecule has 1 amide bonds. The topological polar surface area (TPSA) is 68.0 Å². The van der Waals surface area contributed by atoms with E-state index in [2.05, 4.69) is 10.2 Å². The highest BCUT2D eigenvalue weighted by molar-refractivity contribution is 7.99. The van der Waals surface area contributed by atoms with Crippen molar-refractivity contribution in [3.8, 4) is 11.5 Å². The van der Waals surface area contributed by atoms with Crippen molar-refractivity contribution < 1.29 is 26.8 Å². The van der Waals surface area contributed by atoms with Gasteiger partial charge in [-0.1, -0.05) is 35.5 Å². The molecule has 0 saturated heterocycles. The van der Waals surface area contributed by atoms with Gasteiger partial charge in [-0.2, -0.15) is 13.2 Å². The third kappa shape index (κ3) is 5.70. The highest BCUT2D eigenvalue weighted by atomic mass is 35.5. The van der Waals surface area contributed by atoms with Crippen molar-refractivity contribution in [3.05, 3.63) is 64.9 Å². The Balaban J connectivity index is 1.62. The molecule has 0 aliphatic rings. The highest BCUT2D eigenvalue weighted by Crippen LogP contribution is 2.33. The summed E-state index contributed by atoms with van der Waals surface area (Å²) in [4.78, 5) is 12.0. The third-order valence-corrected chi connectivity index (χ3v) is 4.73. The zero-order valence-corrected chi connectivity index (χ0v) is 16.0. The van der Waals surface area contributed by atoms with E-state index in [0.29, 0.717) is 10.6 Å². The first-order valence-corrected chi connectivity index (χ1v) is 9.42. The van der Waals surface area contributed by atoms with Crippen molar-refractivity contribution >= 4 is 29.3 Å². The molecule has 29 heavy (non-hydrogen) atoms. The molecule has 1 atom stereocenters. The predicted molar refractivity (Wildman–Crippen MR) is 98.8 cm³/mol. The van der Waals surface area contributed by atoms with E-state index in [1.165, 1.54) is 0 Å². The van der Waals surface area contributed by atoms with Crippen LogP contribution in [0.5, 0.6) is 0 Å². The van der Waals surface area contributed by atoms with Crippen LogP contribution in [0, 0.1) is 5.82 Å². The quantitative estimate of drug-likeness (QED) is 0.425. The number of hydrogen-bond acceptors (Lipinski definition) is 5. The Kier molecular flexibility index (Phi) is 6.43. The molecule has 1 heterocycles. The summed E-state index contributed by atoms with van der Waals surface area (Å²) in [7, 11) is 0. The van der Waals surface area contributed by atoms with Gasteiger partial charge in [0.15, 0.2) is 6.04 Å². The zero-order valence-electron chi connectivity index (χ0n) is 14.4. The molecule has 0 fully saturated rings. The van der Waals surface area contributed by atoms with Gasteiger partial charge in [0.05, 0.1) is 5.75 Å². The van der Waals surface area contributed by atoms with Crippen LogP contribution in [-0.4, -0.2) is 28.0 Å². The second-order valence-electron chi connectivity index (χ2n) is 5.76. The Hall–Kier alpha value is -2.59. The van der Waals surface area contributed by atoms with Crippen LogP contribution in [0.4, 0.5) is 17.6 Å². The van der Waals surface area contributed by atoms with E-state index in [9.17, 15) is 22.4 Å². The first-order valence-electron chi connectivity index (χ1n) is 8.06. The number of carbonyl (C=O) groups is 1. The van der Waals surface area contributed by atoms with E-state index < -0.39 is 23.9 Å². The second-order valence-corrected chi connectivity index (χ2v) is 7.13. The summed E-state index contributed by atoms with van der Waals surface area (Å²) in [5, 5.41) is 10.0. The van der Waals surface area contributed by atoms with Gasteiger partial charge in [-0.15, -0.1) is 10.2 Å². The fourth-order valence-corrected chi connectivity index (χ4v) is 3.02. The van der Waals surface area contributed by atoms with Gasteiger partial charge in [-0.3, -0.25) is 4.79 Å². The van der Waals surface area contributed by atoms with Gasteiger partial charge < -0.3 is 9.73 Å². The fraction of sp³-hybridized carbons (Fsp3) is 0.167. The molecule has 0 saturated carbocycles. The Morgan fingerprint density at radius 3 is 2.38 bits per heavy atom. The number of hydrogen-bond donors (Lipinski definition) is 1. The molecule has 0 aliphatic carbocycles. The molecule has 0 radical (unpaired) electrons. The molecule has 1 aromatic heterocycles. The standard InChI is InChI=1S/C18H12ClF4N3O2S/c19-12-5-1-11(2-6-12)16-25-26-17(28-16)29-9-14(27)24-15(18(21,22)23)10-3-7-13(20)8-4-10/h1-8,15H,9H2,(H,24,27). The van der Waals surface area contributed by atoms with Crippen LogP contribution >= 0.6 is 23.4 Å². The van der Waals surface area contributed by atoms with E-state index in [0.717, 1.165) is 36.0 Å². The first-order chi connectivity index (χ1) is 13.7. The van der Waals surface area contributed by atoms with Crippen LogP contribution < -0.4 is 5.32 Å². The molecule has 2 aromatic carbocycles. The van der Waals surface area contributed by atoms with Crippen molar-refractivity contribution in [2.24, 2.45) is 0 Å². The molecule has 3 rings (SSSR count). The molecular weight excluding hydrogens is 434 g/mol. The molecule has 1 unspecified atom stereocenters. The fourth-order valence-electron chi connectivity index (χ4n) is 2.32. The minimum Gasteiger partial charge on any atom is -0.411 e. The first kappa shape index (κ1) is 21.1. The average molecular weight is 446 g/mol. The largest absolute Gasteiger partial charge is 0.412 e. The van der Waals surface area contributed by atoms with Crippen LogP contribution in [0.15, 0.2) is 58.2 Å². The van der Waals surface area contributed by atoms with Gasteiger partial charge in [-0.25, -0.2) is 4.39 Å². The van der Waals surface area contributed by atoms with Crippen LogP contribution in [0.3, 0.4) is 0 Å². The summed E-state index contributed by atoms with van der Waals surface area (Å²) in [6, 6.07) is 8.05. The van der Waals surface area contributed by atoms with E-state index in [4.69, 9.17) is 16.0 Å². The maximum atomic E-state index is 13.3. The van der Waals surface area contributed by atoms with Crippen molar-refractivity contribution in [2.75, 3.05) is 5.75 Å². The van der Waals surface area contributed by atoms with Crippen molar-refractivity contribution in [2.45, 2.75) is 17.4 Å². The van der Waals surface area contributed by atoms with Crippen LogP contribution in [0.1, 0.15) is 11.6 Å². The third-order valence-electron chi connectivity index (χ3n) is 3.66. The molecule has 5 nitrogen and oxygen atoms in total. The second kappa shape index (κ2) is 8.83. The SMILES string of the molecule is O=C(CSc1nnc(-c2ccc(Cl)cc2)o1)NC(c1ccc(F)cc1)C(F)(F)F. The highest BCUT2D eigenvalue weighted by Gasteiger charge is 2.41. The Labute approximate surface area is 171 Å². The van der Waals surface area contributed by atoms with E-state index >= 15 is 0 Å². The lowest BCUT2D eigenvalue weighted by molar-refractivity contribution is -0.162. The molecule has 0 spiro atoms. The number of nitrogens with one attached hydrogen (secondary N) is 1. The summed E-state index contributed by atoms with van der Waals surface area (Å²) in [5.41, 5.74) is 0.326. The number of thioether (sulfide) groups is 1. The predicted octanol–water partition coefficient (Wildman–Crippen LogP) is 5.04. The van der Waals surface area contributed by atoms with Crippen molar-refractivity contribution in [1.29, 1.82) is 0 Å².